The predicted molar refractivity (Wildman–Crippen MR) is 153 cm³/mol. The van der Waals surface area contributed by atoms with Crippen LogP contribution >= 0.6 is 0 Å². The van der Waals surface area contributed by atoms with Crippen molar-refractivity contribution in [1.82, 2.24) is 16.0 Å². The third-order valence-corrected chi connectivity index (χ3v) is 6.83. The first-order chi connectivity index (χ1) is 19.8. The number of carbonyl (C=O) groups excluding carboxylic acids is 4. The molecular weight excluding hydrogens is 546 g/mol. The molecule has 42 heavy (non-hydrogen) atoms. The first-order valence-corrected chi connectivity index (χ1v) is 13.5. The second-order valence-corrected chi connectivity index (χ2v) is 10.2. The van der Waals surface area contributed by atoms with Gasteiger partial charge in [-0.1, -0.05) is 44.5 Å². The van der Waals surface area contributed by atoms with E-state index in [1.165, 1.54) is 24.3 Å². The van der Waals surface area contributed by atoms with Gasteiger partial charge in [0.05, 0.1) is 6.04 Å². The van der Waals surface area contributed by atoms with Gasteiger partial charge < -0.3 is 42.7 Å². The number of carboxylic acids is 1. The quantitative estimate of drug-likeness (QED) is 0.133. The van der Waals surface area contributed by atoms with E-state index in [4.69, 9.17) is 11.5 Å². The van der Waals surface area contributed by atoms with Crippen molar-refractivity contribution >= 4 is 29.6 Å². The molecular formula is C29H39N5O8. The number of amides is 4. The second-order valence-electron chi connectivity index (χ2n) is 10.2. The predicted octanol–water partition coefficient (Wildman–Crippen LogP) is 0.0609. The SMILES string of the molecule is CCC(C)C(NC(=O)C(Cc1ccc(O)cc1)NC(=O)C(CCC(N)=O)NC(=O)C(N)Cc1ccc(O)cc1)C(=O)O. The number of hydrogen-bond donors (Lipinski definition) is 8. The van der Waals surface area contributed by atoms with E-state index in [9.17, 15) is 39.3 Å². The van der Waals surface area contributed by atoms with Gasteiger partial charge in [0.1, 0.15) is 29.6 Å². The molecule has 2 aromatic carbocycles. The fourth-order valence-electron chi connectivity index (χ4n) is 4.10. The Morgan fingerprint density at radius 1 is 0.762 bits per heavy atom. The van der Waals surface area contributed by atoms with Crippen LogP contribution in [0.15, 0.2) is 48.5 Å². The van der Waals surface area contributed by atoms with Crippen LogP contribution in [-0.4, -0.2) is 69.1 Å². The van der Waals surface area contributed by atoms with Gasteiger partial charge in [-0.05, 0) is 54.2 Å². The van der Waals surface area contributed by atoms with Crippen molar-refractivity contribution in [2.75, 3.05) is 0 Å². The number of nitrogens with two attached hydrogens (primary N) is 2. The first kappa shape index (κ1) is 33.6. The van der Waals surface area contributed by atoms with Crippen LogP contribution in [0.5, 0.6) is 11.5 Å². The number of aliphatic carboxylic acids is 1. The molecule has 2 aromatic rings. The van der Waals surface area contributed by atoms with Crippen molar-refractivity contribution in [1.29, 1.82) is 0 Å². The van der Waals surface area contributed by atoms with Gasteiger partial charge in [0.15, 0.2) is 0 Å². The number of primary amides is 1. The lowest BCUT2D eigenvalue weighted by Gasteiger charge is -2.26. The van der Waals surface area contributed by atoms with Crippen molar-refractivity contribution in [3.8, 4) is 11.5 Å². The molecule has 0 spiro atoms. The van der Waals surface area contributed by atoms with Crippen LogP contribution in [0.4, 0.5) is 0 Å². The molecule has 13 nitrogen and oxygen atoms in total. The van der Waals surface area contributed by atoms with Gasteiger partial charge in [0.2, 0.25) is 23.6 Å². The summed E-state index contributed by atoms with van der Waals surface area (Å²) < 4.78 is 0. The number of nitrogens with one attached hydrogen (secondary N) is 3. The average Bonchev–Trinajstić information content (AvgIpc) is 2.94. The van der Waals surface area contributed by atoms with Crippen LogP contribution in [0.2, 0.25) is 0 Å². The highest BCUT2D eigenvalue weighted by Gasteiger charge is 2.32. The zero-order valence-corrected chi connectivity index (χ0v) is 23.6. The summed E-state index contributed by atoms with van der Waals surface area (Å²) in [5, 5.41) is 36.3. The molecule has 0 aliphatic rings. The lowest BCUT2D eigenvalue weighted by Crippen LogP contribution is -2.58. The Labute approximate surface area is 243 Å². The first-order valence-electron chi connectivity index (χ1n) is 13.5. The number of phenols is 2. The molecule has 0 heterocycles. The monoisotopic (exact) mass is 585 g/mol. The molecule has 0 bridgehead atoms. The van der Waals surface area contributed by atoms with Gasteiger partial charge in [0.25, 0.3) is 0 Å². The summed E-state index contributed by atoms with van der Waals surface area (Å²) in [5.74, 6) is -4.60. The Morgan fingerprint density at radius 2 is 1.24 bits per heavy atom. The number of benzene rings is 2. The molecule has 5 unspecified atom stereocenters. The number of aromatic hydroxyl groups is 2. The molecule has 5 atom stereocenters. The molecule has 0 aromatic heterocycles. The largest absolute Gasteiger partial charge is 0.508 e. The number of carbonyl (C=O) groups is 5. The lowest BCUT2D eigenvalue weighted by molar-refractivity contribution is -0.143. The van der Waals surface area contributed by atoms with E-state index in [-0.39, 0.29) is 37.2 Å². The van der Waals surface area contributed by atoms with Gasteiger partial charge in [-0.2, -0.15) is 0 Å². The third kappa shape index (κ3) is 10.7. The van der Waals surface area contributed by atoms with E-state index in [2.05, 4.69) is 16.0 Å². The molecule has 228 valence electrons. The fraction of sp³-hybridized carbons (Fsp3) is 0.414. The molecule has 2 rings (SSSR count). The van der Waals surface area contributed by atoms with Crippen molar-refractivity contribution in [3.05, 3.63) is 59.7 Å². The van der Waals surface area contributed by atoms with Crippen LogP contribution in [0, 0.1) is 5.92 Å². The maximum Gasteiger partial charge on any atom is 0.326 e. The van der Waals surface area contributed by atoms with Gasteiger partial charge in [0, 0.05) is 12.8 Å². The summed E-state index contributed by atoms with van der Waals surface area (Å²) >= 11 is 0. The summed E-state index contributed by atoms with van der Waals surface area (Å²) in [4.78, 5) is 62.9. The van der Waals surface area contributed by atoms with Crippen molar-refractivity contribution < 1.29 is 39.3 Å². The molecule has 13 heteroatoms. The third-order valence-electron chi connectivity index (χ3n) is 6.83. The van der Waals surface area contributed by atoms with E-state index >= 15 is 0 Å². The number of hydrogen-bond acceptors (Lipinski definition) is 8. The summed E-state index contributed by atoms with van der Waals surface area (Å²) in [6.07, 6.45) is 0.0558. The topological polar surface area (TPSA) is 234 Å². The minimum absolute atomic E-state index is 0.00984. The molecule has 10 N–H and O–H groups in total. The van der Waals surface area contributed by atoms with E-state index in [0.717, 1.165) is 0 Å². The zero-order valence-electron chi connectivity index (χ0n) is 23.6. The Kier molecular flexibility index (Phi) is 12.8. The maximum absolute atomic E-state index is 13.4. The molecule has 0 saturated carbocycles. The van der Waals surface area contributed by atoms with Crippen molar-refractivity contribution in [2.45, 2.75) is 70.1 Å². The van der Waals surface area contributed by atoms with Gasteiger partial charge in [-0.3, -0.25) is 19.2 Å². The number of phenolic OH excluding ortho intramolecular Hbond substituents is 2. The average molecular weight is 586 g/mol. The van der Waals surface area contributed by atoms with Crippen molar-refractivity contribution in [2.24, 2.45) is 17.4 Å². The standard InChI is InChI=1S/C29H39N5O8/c1-3-16(2)25(29(41)42)34-28(40)23(15-18-6-10-20(36)11-7-18)33-27(39)22(12-13-24(31)37)32-26(38)21(30)14-17-4-8-19(35)9-5-17/h4-11,16,21-23,25,35-36H,3,12-15,30H2,1-2H3,(H2,31,37)(H,32,38)(H,33,39)(H,34,40)(H,41,42). The highest BCUT2D eigenvalue weighted by Crippen LogP contribution is 2.14. The van der Waals surface area contributed by atoms with Crippen LogP contribution in [-0.2, 0) is 36.8 Å². The molecule has 0 aliphatic heterocycles. The van der Waals surface area contributed by atoms with Crippen LogP contribution < -0.4 is 27.4 Å². The Balaban J connectivity index is 2.26. The second kappa shape index (κ2) is 16.0. The van der Waals surface area contributed by atoms with Gasteiger partial charge in [-0.25, -0.2) is 4.79 Å². The Hall–Kier alpha value is -4.65. The summed E-state index contributed by atoms with van der Waals surface area (Å²) in [6, 6.07) is 7.09. The Morgan fingerprint density at radius 3 is 1.71 bits per heavy atom. The molecule has 0 saturated heterocycles. The van der Waals surface area contributed by atoms with E-state index in [1.54, 1.807) is 38.1 Å². The van der Waals surface area contributed by atoms with E-state index in [1.807, 2.05) is 0 Å². The highest BCUT2D eigenvalue weighted by molar-refractivity contribution is 5.94. The minimum Gasteiger partial charge on any atom is -0.508 e. The molecule has 0 aliphatic carbocycles. The van der Waals surface area contributed by atoms with Gasteiger partial charge in [-0.15, -0.1) is 0 Å². The smallest absolute Gasteiger partial charge is 0.326 e. The summed E-state index contributed by atoms with van der Waals surface area (Å²) in [7, 11) is 0. The minimum atomic E-state index is -1.30. The molecule has 4 amide bonds. The molecule has 0 radical (unpaired) electrons. The number of carboxylic acid groups (broad SMARTS) is 1. The normalized spacial score (nSPS) is 14.5. The number of rotatable bonds is 16. The van der Waals surface area contributed by atoms with Crippen LogP contribution in [0.25, 0.3) is 0 Å². The summed E-state index contributed by atoms with van der Waals surface area (Å²) in [5.41, 5.74) is 12.5. The maximum atomic E-state index is 13.4. The Bertz CT molecular complexity index is 1240. The highest BCUT2D eigenvalue weighted by atomic mass is 16.4. The van der Waals surface area contributed by atoms with E-state index in [0.29, 0.717) is 17.5 Å². The van der Waals surface area contributed by atoms with Crippen LogP contribution in [0.1, 0.15) is 44.2 Å². The lowest BCUT2D eigenvalue weighted by atomic mass is 9.98. The van der Waals surface area contributed by atoms with E-state index < -0.39 is 59.7 Å². The fourth-order valence-corrected chi connectivity index (χ4v) is 4.10. The van der Waals surface area contributed by atoms with Gasteiger partial charge >= 0.3 is 5.97 Å². The zero-order chi connectivity index (χ0) is 31.4. The van der Waals surface area contributed by atoms with Crippen LogP contribution in [0.3, 0.4) is 0 Å². The molecule has 0 fully saturated rings. The summed E-state index contributed by atoms with van der Waals surface area (Å²) in [6.45, 7) is 3.45. The van der Waals surface area contributed by atoms with Crippen molar-refractivity contribution in [3.63, 3.8) is 0 Å².